The minimum absolute atomic E-state index is 0.143. The highest BCUT2D eigenvalue weighted by Crippen LogP contribution is 2.43. The van der Waals surface area contributed by atoms with E-state index in [1.807, 2.05) is 18.2 Å². The minimum atomic E-state index is -0.788. The Balaban J connectivity index is 1.57. The maximum absolute atomic E-state index is 13.2. The molecule has 8 nitrogen and oxygen atoms in total. The Morgan fingerprint density at radius 1 is 1.16 bits per heavy atom. The summed E-state index contributed by atoms with van der Waals surface area (Å²) < 4.78 is 0. The summed E-state index contributed by atoms with van der Waals surface area (Å²) >= 11 is 0. The van der Waals surface area contributed by atoms with Crippen molar-refractivity contribution < 1.29 is 14.4 Å². The molecule has 164 valence electrons. The van der Waals surface area contributed by atoms with Crippen LogP contribution >= 0.6 is 0 Å². The molecule has 1 aliphatic carbocycles. The number of carbonyl (C=O) groups is 3. The molecule has 1 aromatic heterocycles. The fraction of sp³-hybridized carbons (Fsp3) is 0.375. The van der Waals surface area contributed by atoms with E-state index in [2.05, 4.69) is 23.3 Å². The maximum Gasteiger partial charge on any atom is 0.313 e. The molecule has 0 unspecified atom stereocenters. The Morgan fingerprint density at radius 2 is 1.94 bits per heavy atom. The molecule has 2 fully saturated rings. The largest absolute Gasteiger partial charge is 0.366 e. The van der Waals surface area contributed by atoms with Crippen molar-refractivity contribution in [3.63, 3.8) is 0 Å². The molecule has 1 saturated carbocycles. The molecule has 1 aromatic carbocycles. The number of hydrogen-bond donors (Lipinski definition) is 2. The SMILES string of the molecule is C[C@H]1CC[C@H](c2ccc(C#N)c(C3CC3)c2)N(C(=O)C(=O)Nc2cncc(C(N)=O)c2)C1. The van der Waals surface area contributed by atoms with Crippen LogP contribution in [-0.4, -0.2) is 34.2 Å². The number of likely N-dealkylation sites (tertiary alicyclic amines) is 1. The highest BCUT2D eigenvalue weighted by Gasteiger charge is 2.35. The van der Waals surface area contributed by atoms with Crippen molar-refractivity contribution in [2.45, 2.75) is 44.6 Å². The lowest BCUT2D eigenvalue weighted by Crippen LogP contribution is -2.46. The van der Waals surface area contributed by atoms with Crippen LogP contribution in [0.3, 0.4) is 0 Å². The van der Waals surface area contributed by atoms with Crippen molar-refractivity contribution in [3.05, 3.63) is 58.9 Å². The first-order valence-electron chi connectivity index (χ1n) is 10.8. The molecule has 2 aromatic rings. The summed E-state index contributed by atoms with van der Waals surface area (Å²) in [7, 11) is 0. The molecule has 4 rings (SSSR count). The topological polar surface area (TPSA) is 129 Å². The summed E-state index contributed by atoms with van der Waals surface area (Å²) in [4.78, 5) is 42.8. The van der Waals surface area contributed by atoms with Crippen molar-refractivity contribution in [1.82, 2.24) is 9.88 Å². The van der Waals surface area contributed by atoms with Gasteiger partial charge in [-0.15, -0.1) is 0 Å². The lowest BCUT2D eigenvalue weighted by atomic mass is 9.88. The summed E-state index contributed by atoms with van der Waals surface area (Å²) in [5.74, 6) is -1.42. The lowest BCUT2D eigenvalue weighted by molar-refractivity contribution is -0.146. The van der Waals surface area contributed by atoms with Gasteiger partial charge in [0.25, 0.3) is 0 Å². The number of benzene rings is 1. The third kappa shape index (κ3) is 4.47. The van der Waals surface area contributed by atoms with Crippen LogP contribution < -0.4 is 11.1 Å². The second kappa shape index (κ2) is 8.79. The predicted molar refractivity (Wildman–Crippen MR) is 117 cm³/mol. The number of amides is 3. The van der Waals surface area contributed by atoms with Crippen LogP contribution in [0.15, 0.2) is 36.7 Å². The van der Waals surface area contributed by atoms with Crippen molar-refractivity contribution in [2.24, 2.45) is 11.7 Å². The van der Waals surface area contributed by atoms with E-state index in [-0.39, 0.29) is 23.2 Å². The standard InChI is InChI=1S/C24H25N5O3/c1-14-2-7-21(16-5-6-17(10-25)20(9-16)15-3-4-15)29(13-14)24(32)23(31)28-19-8-18(22(26)30)11-27-12-19/h5-6,8-9,11-12,14-15,21H,2-4,7,13H2,1H3,(H2,26,30)(H,28,31)/t14-,21+/m0/s1. The van der Waals surface area contributed by atoms with Crippen LogP contribution in [-0.2, 0) is 9.59 Å². The lowest BCUT2D eigenvalue weighted by Gasteiger charge is -2.38. The molecule has 8 heteroatoms. The Labute approximate surface area is 186 Å². The van der Waals surface area contributed by atoms with Gasteiger partial charge in [-0.3, -0.25) is 19.4 Å². The van der Waals surface area contributed by atoms with Gasteiger partial charge in [-0.05, 0) is 60.8 Å². The number of nitrogens with one attached hydrogen (secondary N) is 1. The molecule has 1 saturated heterocycles. The van der Waals surface area contributed by atoms with Gasteiger partial charge in [-0.2, -0.15) is 5.26 Å². The van der Waals surface area contributed by atoms with E-state index in [4.69, 9.17) is 5.73 Å². The number of nitriles is 1. The fourth-order valence-electron chi connectivity index (χ4n) is 4.30. The summed E-state index contributed by atoms with van der Waals surface area (Å²) in [5, 5.41) is 12.0. The zero-order valence-corrected chi connectivity index (χ0v) is 17.9. The van der Waals surface area contributed by atoms with Crippen LogP contribution in [0.25, 0.3) is 0 Å². The number of nitrogens with two attached hydrogens (primary N) is 1. The van der Waals surface area contributed by atoms with Crippen LogP contribution in [0, 0.1) is 17.2 Å². The van der Waals surface area contributed by atoms with Crippen LogP contribution in [0.5, 0.6) is 0 Å². The van der Waals surface area contributed by atoms with Gasteiger partial charge in [-0.25, -0.2) is 0 Å². The van der Waals surface area contributed by atoms with E-state index >= 15 is 0 Å². The highest BCUT2D eigenvalue weighted by molar-refractivity contribution is 6.39. The Kier molecular flexibility index (Phi) is 5.91. The first-order chi connectivity index (χ1) is 15.4. The number of rotatable bonds is 4. The van der Waals surface area contributed by atoms with Crippen LogP contribution in [0.1, 0.15) is 71.6 Å². The second-order valence-corrected chi connectivity index (χ2v) is 8.67. The van der Waals surface area contributed by atoms with Gasteiger partial charge in [-0.1, -0.05) is 19.1 Å². The van der Waals surface area contributed by atoms with Crippen molar-refractivity contribution in [3.8, 4) is 6.07 Å². The number of primary amides is 1. The molecule has 1 aliphatic heterocycles. The smallest absolute Gasteiger partial charge is 0.313 e. The third-order valence-electron chi connectivity index (χ3n) is 6.15. The van der Waals surface area contributed by atoms with E-state index in [1.165, 1.54) is 18.5 Å². The Hall–Kier alpha value is -3.73. The van der Waals surface area contributed by atoms with E-state index in [0.29, 0.717) is 18.0 Å². The second-order valence-electron chi connectivity index (χ2n) is 8.67. The number of aromatic nitrogens is 1. The third-order valence-corrected chi connectivity index (χ3v) is 6.15. The number of piperidine rings is 1. The fourth-order valence-corrected chi connectivity index (χ4v) is 4.30. The summed E-state index contributed by atoms with van der Waals surface area (Å²) in [6, 6.07) is 9.17. The number of nitrogens with zero attached hydrogens (tertiary/aromatic N) is 3. The molecule has 0 spiro atoms. The van der Waals surface area contributed by atoms with E-state index in [0.717, 1.165) is 36.8 Å². The van der Waals surface area contributed by atoms with Crippen molar-refractivity contribution in [2.75, 3.05) is 11.9 Å². The van der Waals surface area contributed by atoms with Gasteiger partial charge < -0.3 is 16.0 Å². The van der Waals surface area contributed by atoms with Gasteiger partial charge in [0, 0.05) is 12.7 Å². The zero-order chi connectivity index (χ0) is 22.8. The molecular formula is C24H25N5O3. The van der Waals surface area contributed by atoms with Gasteiger partial charge in [0.1, 0.15) is 0 Å². The summed E-state index contributed by atoms with van der Waals surface area (Å²) in [6.07, 6.45) is 6.49. The number of pyridine rings is 1. The molecule has 2 atom stereocenters. The summed E-state index contributed by atoms with van der Waals surface area (Å²) in [5.41, 5.74) is 8.31. The normalized spacial score (nSPS) is 20.3. The molecule has 0 radical (unpaired) electrons. The van der Waals surface area contributed by atoms with Gasteiger partial charge in [0.2, 0.25) is 5.91 Å². The number of hydrogen-bond acceptors (Lipinski definition) is 5. The highest BCUT2D eigenvalue weighted by atomic mass is 16.2. The van der Waals surface area contributed by atoms with E-state index in [9.17, 15) is 19.6 Å². The molecule has 2 heterocycles. The number of anilines is 1. The van der Waals surface area contributed by atoms with Crippen molar-refractivity contribution in [1.29, 1.82) is 5.26 Å². The monoisotopic (exact) mass is 431 g/mol. The number of carbonyl (C=O) groups excluding carboxylic acids is 3. The predicted octanol–water partition coefficient (Wildman–Crippen LogP) is 2.87. The molecule has 2 aliphatic rings. The van der Waals surface area contributed by atoms with Crippen LogP contribution in [0.4, 0.5) is 5.69 Å². The molecular weight excluding hydrogens is 406 g/mol. The molecule has 0 bridgehead atoms. The van der Waals surface area contributed by atoms with E-state index in [1.54, 1.807) is 4.90 Å². The molecule has 32 heavy (non-hydrogen) atoms. The van der Waals surface area contributed by atoms with Gasteiger partial charge >= 0.3 is 11.8 Å². The molecule has 3 N–H and O–H groups in total. The quantitative estimate of drug-likeness (QED) is 0.719. The zero-order valence-electron chi connectivity index (χ0n) is 17.9. The molecule has 3 amide bonds. The average molecular weight is 431 g/mol. The Bertz CT molecular complexity index is 1120. The van der Waals surface area contributed by atoms with E-state index < -0.39 is 17.7 Å². The maximum atomic E-state index is 13.2. The first kappa shape index (κ1) is 21.5. The first-order valence-corrected chi connectivity index (χ1v) is 10.8. The van der Waals surface area contributed by atoms with Crippen molar-refractivity contribution >= 4 is 23.4 Å². The minimum Gasteiger partial charge on any atom is -0.366 e. The van der Waals surface area contributed by atoms with Gasteiger partial charge in [0.05, 0.1) is 35.1 Å². The van der Waals surface area contributed by atoms with Crippen LogP contribution in [0.2, 0.25) is 0 Å². The summed E-state index contributed by atoms with van der Waals surface area (Å²) in [6.45, 7) is 2.53. The average Bonchev–Trinajstić information content (AvgIpc) is 3.63. The van der Waals surface area contributed by atoms with Gasteiger partial charge in [0.15, 0.2) is 0 Å². The Morgan fingerprint density at radius 3 is 2.62 bits per heavy atom.